The van der Waals surface area contributed by atoms with E-state index in [1.165, 1.54) is 55.7 Å². The van der Waals surface area contributed by atoms with Gasteiger partial charge in [0.05, 0.1) is 36.8 Å². The number of methoxy groups -OCH3 is 1. The number of ether oxygens (including phenoxy) is 1. The summed E-state index contributed by atoms with van der Waals surface area (Å²) in [7, 11) is 4.94. The first-order valence-electron chi connectivity index (χ1n) is 15.1. The fourth-order valence-electron chi connectivity index (χ4n) is 5.78. The monoisotopic (exact) mass is 621 g/mol. The van der Waals surface area contributed by atoms with E-state index in [4.69, 9.17) is 25.8 Å². The highest BCUT2D eigenvalue weighted by atomic mass is 31.1. The number of nitrogen functional groups attached to an aromatic ring is 1. The number of nitrogens with one attached hydrogen (secondary N) is 1. The molecular weight excluding hydrogens is 573 g/mol. The van der Waals surface area contributed by atoms with Crippen LogP contribution >= 0.6 is 8.20 Å². The summed E-state index contributed by atoms with van der Waals surface area (Å²) in [6, 6.07) is 4.22. The van der Waals surface area contributed by atoms with Gasteiger partial charge < -0.3 is 29.8 Å². The van der Waals surface area contributed by atoms with Crippen LogP contribution in [0.3, 0.4) is 0 Å². The van der Waals surface area contributed by atoms with E-state index in [0.29, 0.717) is 38.7 Å². The van der Waals surface area contributed by atoms with Gasteiger partial charge in [0, 0.05) is 50.8 Å². The average Bonchev–Trinajstić information content (AvgIpc) is 3.53. The lowest BCUT2D eigenvalue weighted by Crippen LogP contribution is -2.49. The van der Waals surface area contributed by atoms with Crippen LogP contribution in [-0.4, -0.2) is 98.1 Å². The minimum Gasteiger partial charge on any atom is -0.467 e. The molecule has 2 saturated heterocycles. The number of piperazine rings is 1. The van der Waals surface area contributed by atoms with E-state index in [9.17, 15) is 4.79 Å². The molecule has 0 aliphatic carbocycles. The first-order valence-corrected chi connectivity index (χ1v) is 16.5. The second kappa shape index (κ2) is 17.0. The normalized spacial score (nSPS) is 16.3. The molecule has 0 bridgehead atoms. The number of likely N-dealkylation sites (tertiary alicyclic amines) is 1. The highest BCUT2D eigenvalue weighted by molar-refractivity contribution is 7.38. The number of hydrogen-bond acceptors (Lipinski definition) is 10. The number of carbonyl (C=O) groups is 1. The number of nitriles is 1. The Morgan fingerprint density at radius 1 is 1.14 bits per heavy atom. The Morgan fingerprint density at radius 3 is 2.32 bits per heavy atom. The number of hydrogen-bond donors (Lipinski definition) is 2. The number of amides is 1. The first-order chi connectivity index (χ1) is 21.2. The van der Waals surface area contributed by atoms with E-state index in [2.05, 4.69) is 66.1 Å². The molecule has 238 valence electrons. The van der Waals surface area contributed by atoms with Crippen LogP contribution in [0.2, 0.25) is 0 Å². The van der Waals surface area contributed by atoms with Crippen LogP contribution in [0.25, 0.3) is 0 Å². The number of hydrazine groups is 1. The number of benzene rings is 1. The van der Waals surface area contributed by atoms with Crippen molar-refractivity contribution in [1.29, 1.82) is 5.26 Å². The second-order valence-corrected chi connectivity index (χ2v) is 11.8. The first kappa shape index (κ1) is 34.8. The Balaban J connectivity index is 0.000000509. The number of rotatable bonds is 6. The van der Waals surface area contributed by atoms with Crippen LogP contribution in [0.1, 0.15) is 47.7 Å². The summed E-state index contributed by atoms with van der Waals surface area (Å²) in [4.78, 5) is 30.3. The number of aromatic nitrogens is 2. The number of nitrogens with two attached hydrogens (primary N) is 1. The van der Waals surface area contributed by atoms with E-state index in [1.807, 2.05) is 4.90 Å². The zero-order valence-electron chi connectivity index (χ0n) is 27.2. The Labute approximate surface area is 264 Å². The van der Waals surface area contributed by atoms with Crippen LogP contribution in [-0.2, 0) is 17.8 Å². The molecule has 11 nitrogen and oxygen atoms in total. The maximum absolute atomic E-state index is 12.0. The minimum atomic E-state index is -0.0264. The molecule has 3 aliphatic heterocycles. The standard InChI is InChI=1S/C25H34N7O2P.C5H11N.C2H3N/c1-6-22(33)30-9-11-31(12-10-30)24-18-7-8-32(14-21(18)27-25(28-24)34-4)23-17(3)16(2)13-20(29-26)19(23)15-35-5;1-6-4-2-3-5-6;1-2-3/h6,13,15,29H,1,7-12,14,26H2,2-5H3;2-5H2,1H3;1H3. The average molecular weight is 622 g/mol. The Hall–Kier alpha value is -3.71. The van der Waals surface area contributed by atoms with Gasteiger partial charge in [0.1, 0.15) is 5.82 Å². The van der Waals surface area contributed by atoms with Gasteiger partial charge in [-0.25, -0.2) is 0 Å². The zero-order chi connectivity index (χ0) is 32.2. The summed E-state index contributed by atoms with van der Waals surface area (Å²) in [5.74, 6) is 8.98. The van der Waals surface area contributed by atoms with Crippen LogP contribution in [0.15, 0.2) is 18.7 Å². The number of nitrogens with zero attached hydrogens (tertiary/aromatic N) is 7. The zero-order valence-corrected chi connectivity index (χ0v) is 28.1. The molecule has 1 aromatic heterocycles. The van der Waals surface area contributed by atoms with Crippen molar-refractivity contribution in [1.82, 2.24) is 19.8 Å². The maximum atomic E-state index is 12.0. The van der Waals surface area contributed by atoms with Crippen molar-refractivity contribution >= 4 is 37.1 Å². The Kier molecular flexibility index (Phi) is 13.4. The SMILES string of the molecule is C=CC(=O)N1CCN(c2nc(OC)nc3c2CCN(c2c(C)c(C)cc(NN)c2C=PC)C3)CC1.CC#N.CN1CCCC1. The van der Waals surface area contributed by atoms with Gasteiger partial charge in [-0.15, -0.1) is 8.20 Å². The molecular formula is C32H48N9O2P. The second-order valence-electron chi connectivity index (χ2n) is 11.0. The molecule has 1 aromatic carbocycles. The molecule has 5 rings (SSSR count). The molecule has 4 heterocycles. The molecule has 0 spiro atoms. The molecule has 0 saturated carbocycles. The van der Waals surface area contributed by atoms with Crippen molar-refractivity contribution in [2.24, 2.45) is 5.84 Å². The minimum absolute atomic E-state index is 0.0264. The molecule has 0 unspecified atom stereocenters. The van der Waals surface area contributed by atoms with Crippen molar-refractivity contribution in [3.63, 3.8) is 0 Å². The van der Waals surface area contributed by atoms with Gasteiger partial charge in [-0.2, -0.15) is 15.2 Å². The lowest BCUT2D eigenvalue weighted by Gasteiger charge is -2.38. The van der Waals surface area contributed by atoms with Crippen LogP contribution in [0.5, 0.6) is 6.01 Å². The van der Waals surface area contributed by atoms with Gasteiger partial charge in [-0.1, -0.05) is 6.58 Å². The van der Waals surface area contributed by atoms with Crippen molar-refractivity contribution < 1.29 is 9.53 Å². The van der Waals surface area contributed by atoms with Gasteiger partial charge in [-0.05, 0) is 89.0 Å². The third-order valence-electron chi connectivity index (χ3n) is 8.18. The largest absolute Gasteiger partial charge is 0.467 e. The highest BCUT2D eigenvalue weighted by Gasteiger charge is 2.30. The smallest absolute Gasteiger partial charge is 0.318 e. The number of anilines is 3. The lowest BCUT2D eigenvalue weighted by molar-refractivity contribution is -0.126. The lowest BCUT2D eigenvalue weighted by atomic mass is 9.97. The van der Waals surface area contributed by atoms with Crippen LogP contribution < -0.4 is 25.8 Å². The van der Waals surface area contributed by atoms with Crippen molar-refractivity contribution in [2.75, 3.05) is 81.9 Å². The fourth-order valence-corrected chi connectivity index (χ4v) is 6.30. The fraction of sp³-hybridized carbons (Fsp3) is 0.531. The number of fused-ring (bicyclic) bond motifs is 1. The summed E-state index contributed by atoms with van der Waals surface area (Å²) < 4.78 is 5.49. The third-order valence-corrected chi connectivity index (χ3v) is 8.70. The highest BCUT2D eigenvalue weighted by Crippen LogP contribution is 2.37. The Morgan fingerprint density at radius 2 is 1.80 bits per heavy atom. The summed E-state index contributed by atoms with van der Waals surface area (Å²) in [6.07, 6.45) is 5.03. The molecule has 12 heteroatoms. The molecule has 3 aliphatic rings. The summed E-state index contributed by atoms with van der Waals surface area (Å²) in [5, 5.41) is 7.32. The van der Waals surface area contributed by atoms with Crippen molar-refractivity contribution in [3.8, 4) is 12.1 Å². The third kappa shape index (κ3) is 8.47. The van der Waals surface area contributed by atoms with Gasteiger partial charge >= 0.3 is 6.01 Å². The van der Waals surface area contributed by atoms with E-state index >= 15 is 0 Å². The van der Waals surface area contributed by atoms with Gasteiger partial charge in [0.25, 0.3) is 0 Å². The summed E-state index contributed by atoms with van der Waals surface area (Å²) >= 11 is 0. The van der Waals surface area contributed by atoms with Gasteiger partial charge in [0.15, 0.2) is 0 Å². The quantitative estimate of drug-likeness (QED) is 0.213. The molecule has 2 fully saturated rings. The van der Waals surface area contributed by atoms with E-state index in [-0.39, 0.29) is 5.91 Å². The molecule has 0 atom stereocenters. The number of aryl methyl sites for hydroxylation is 1. The molecule has 0 radical (unpaired) electrons. The molecule has 3 N–H and O–H groups in total. The molecule has 2 aromatic rings. The predicted molar refractivity (Wildman–Crippen MR) is 182 cm³/mol. The molecule has 44 heavy (non-hydrogen) atoms. The Bertz CT molecular complexity index is 1360. The van der Waals surface area contributed by atoms with E-state index in [0.717, 1.165) is 49.5 Å². The van der Waals surface area contributed by atoms with E-state index in [1.54, 1.807) is 13.2 Å². The van der Waals surface area contributed by atoms with Crippen LogP contribution in [0.4, 0.5) is 17.2 Å². The summed E-state index contributed by atoms with van der Waals surface area (Å²) in [5.41, 5.74) is 10.7. The number of carbonyl (C=O) groups excluding carboxylic acids is 1. The maximum Gasteiger partial charge on any atom is 0.318 e. The molecule has 1 amide bonds. The van der Waals surface area contributed by atoms with Crippen molar-refractivity contribution in [3.05, 3.63) is 46.7 Å². The van der Waals surface area contributed by atoms with Crippen molar-refractivity contribution in [2.45, 2.75) is 46.6 Å². The van der Waals surface area contributed by atoms with Gasteiger partial charge in [-0.3, -0.25) is 10.6 Å². The topological polar surface area (TPSA) is 127 Å². The van der Waals surface area contributed by atoms with E-state index < -0.39 is 0 Å². The summed E-state index contributed by atoms with van der Waals surface area (Å²) in [6.45, 7) is 18.3. The predicted octanol–water partition coefficient (Wildman–Crippen LogP) is 3.75. The van der Waals surface area contributed by atoms with Crippen LogP contribution in [0, 0.1) is 25.2 Å². The van der Waals surface area contributed by atoms with Gasteiger partial charge in [0.2, 0.25) is 5.91 Å².